The molecule has 0 fully saturated rings. The van der Waals surface area contributed by atoms with Crippen LogP contribution in [0.1, 0.15) is 0 Å². The van der Waals surface area contributed by atoms with Gasteiger partial charge in [-0.15, -0.1) is 0 Å². The molecule has 6 nitrogen and oxygen atoms in total. The molecule has 1 atom stereocenters. The van der Waals surface area contributed by atoms with Crippen molar-refractivity contribution >= 4 is 32.6 Å². The van der Waals surface area contributed by atoms with E-state index in [1.807, 2.05) is 60.7 Å². The second-order valence-electron chi connectivity index (χ2n) is 7.25. The van der Waals surface area contributed by atoms with E-state index in [-0.39, 0.29) is 0 Å². The summed E-state index contributed by atoms with van der Waals surface area (Å²) < 4.78 is 24.1. The minimum absolute atomic E-state index is 0.321. The molecule has 2 aromatic heterocycles. The van der Waals surface area contributed by atoms with E-state index in [0.29, 0.717) is 18.1 Å². The number of nitrogens with one attached hydrogen (secondary N) is 1. The molecule has 0 aliphatic heterocycles. The molecule has 0 spiro atoms. The molecule has 0 aliphatic rings. The van der Waals surface area contributed by atoms with Crippen LogP contribution in [0.3, 0.4) is 0 Å². The molecular formula is C25H21N3O3S. The van der Waals surface area contributed by atoms with Gasteiger partial charge in [0.25, 0.3) is 0 Å². The third-order valence-corrected chi connectivity index (χ3v) is 6.55. The van der Waals surface area contributed by atoms with Crippen molar-refractivity contribution in [3.8, 4) is 22.9 Å². The maximum atomic E-state index is 12.6. The molecule has 1 unspecified atom stereocenters. The first-order chi connectivity index (χ1) is 15.7. The molecule has 1 N–H and O–H groups in total. The number of H-pyrrole nitrogens is 1. The fourth-order valence-electron chi connectivity index (χ4n) is 3.60. The van der Waals surface area contributed by atoms with Gasteiger partial charge in [0, 0.05) is 22.0 Å². The van der Waals surface area contributed by atoms with Crippen LogP contribution in [0, 0.1) is 0 Å². The topological polar surface area (TPSA) is 77.1 Å². The van der Waals surface area contributed by atoms with Gasteiger partial charge in [-0.05, 0) is 47.9 Å². The van der Waals surface area contributed by atoms with Gasteiger partial charge >= 0.3 is 0 Å². The number of aromatic amines is 1. The van der Waals surface area contributed by atoms with Gasteiger partial charge in [0.15, 0.2) is 0 Å². The average Bonchev–Trinajstić information content (AvgIpc) is 3.28. The van der Waals surface area contributed by atoms with Gasteiger partial charge in [-0.25, -0.2) is 4.98 Å². The lowest BCUT2D eigenvalue weighted by Gasteiger charge is -2.12. The molecule has 0 bridgehead atoms. The summed E-state index contributed by atoms with van der Waals surface area (Å²) >= 11 is 0. The highest BCUT2D eigenvalue weighted by Crippen LogP contribution is 2.34. The smallest absolute Gasteiger partial charge is 0.138 e. The van der Waals surface area contributed by atoms with Crippen LogP contribution in [0.4, 0.5) is 0 Å². The second kappa shape index (κ2) is 8.80. The Hall–Kier alpha value is -3.71. The summed E-state index contributed by atoms with van der Waals surface area (Å²) in [4.78, 5) is 13.0. The molecule has 5 aromatic rings. The zero-order chi connectivity index (χ0) is 21.9. The normalized spacial score (nSPS) is 12.2. The number of imidazole rings is 1. The molecule has 0 radical (unpaired) electrons. The predicted molar refractivity (Wildman–Crippen MR) is 127 cm³/mol. The first-order valence-electron chi connectivity index (χ1n) is 10.2. The van der Waals surface area contributed by atoms with Crippen LogP contribution in [0.15, 0.2) is 84.0 Å². The maximum Gasteiger partial charge on any atom is 0.138 e. The Labute approximate surface area is 187 Å². The molecular weight excluding hydrogens is 422 g/mol. The van der Waals surface area contributed by atoms with E-state index in [1.165, 1.54) is 0 Å². The van der Waals surface area contributed by atoms with E-state index in [4.69, 9.17) is 9.47 Å². The number of benzene rings is 3. The molecule has 0 amide bonds. The maximum absolute atomic E-state index is 12.6. The molecule has 0 saturated carbocycles. The van der Waals surface area contributed by atoms with Crippen LogP contribution in [0.25, 0.3) is 33.2 Å². The lowest BCUT2D eigenvalue weighted by atomic mass is 10.0. The fraction of sp³-hybridized carbons (Fsp3) is 0.120. The van der Waals surface area contributed by atoms with Crippen LogP contribution in [0.2, 0.25) is 0 Å². The Kier molecular flexibility index (Phi) is 5.56. The van der Waals surface area contributed by atoms with Gasteiger partial charge in [-0.2, -0.15) is 0 Å². The van der Waals surface area contributed by atoms with E-state index in [2.05, 4.69) is 21.0 Å². The number of methoxy groups -OCH3 is 1. The monoisotopic (exact) mass is 443 g/mol. The third-order valence-electron chi connectivity index (χ3n) is 5.21. The number of nitrogens with zero attached hydrogens (tertiary/aromatic N) is 2. The molecule has 32 heavy (non-hydrogen) atoms. The third kappa shape index (κ3) is 4.07. The van der Waals surface area contributed by atoms with Gasteiger partial charge in [-0.3, -0.25) is 9.19 Å². The Morgan fingerprint density at radius 3 is 2.72 bits per heavy atom. The standard InChI is InChI=1S/C25H21N3O3S/c1-30-19-8-7-17-13-18(25-27-22-9-10-26-16-23(22)28-25)14-24(21(17)15-19)31-11-12-32(29)20-5-3-2-4-6-20/h2-10,13-16H,11-12H2,1H3,(H,27,28). The molecule has 0 saturated heterocycles. The van der Waals surface area contributed by atoms with Crippen molar-refractivity contribution < 1.29 is 13.7 Å². The first-order valence-corrected chi connectivity index (χ1v) is 11.5. The lowest BCUT2D eigenvalue weighted by Crippen LogP contribution is -2.09. The van der Waals surface area contributed by atoms with Crippen molar-refractivity contribution in [3.05, 3.63) is 79.1 Å². The minimum Gasteiger partial charge on any atom is -0.497 e. The summed E-state index contributed by atoms with van der Waals surface area (Å²) in [5.41, 5.74) is 2.63. The average molecular weight is 444 g/mol. The quantitative estimate of drug-likeness (QED) is 0.384. The van der Waals surface area contributed by atoms with Gasteiger partial charge < -0.3 is 14.5 Å². The number of rotatable bonds is 7. The van der Waals surface area contributed by atoms with Gasteiger partial charge in [0.1, 0.15) is 23.9 Å². The molecule has 7 heteroatoms. The van der Waals surface area contributed by atoms with E-state index < -0.39 is 10.8 Å². The molecule has 5 rings (SSSR count). The molecule has 160 valence electrons. The summed E-state index contributed by atoms with van der Waals surface area (Å²) in [7, 11) is 0.517. The van der Waals surface area contributed by atoms with Gasteiger partial charge in [0.2, 0.25) is 0 Å². The van der Waals surface area contributed by atoms with Crippen LogP contribution >= 0.6 is 0 Å². The Balaban J connectivity index is 1.48. The van der Waals surface area contributed by atoms with E-state index in [1.54, 1.807) is 19.5 Å². The molecule has 2 heterocycles. The minimum atomic E-state index is -1.12. The number of hydrogen-bond donors (Lipinski definition) is 1. The lowest BCUT2D eigenvalue weighted by molar-refractivity contribution is 0.346. The molecule has 0 aliphatic carbocycles. The number of fused-ring (bicyclic) bond motifs is 2. The highest BCUT2D eigenvalue weighted by atomic mass is 32.2. The van der Waals surface area contributed by atoms with Crippen LogP contribution in [0.5, 0.6) is 11.5 Å². The summed E-state index contributed by atoms with van der Waals surface area (Å²) in [5.74, 6) is 2.58. The van der Waals surface area contributed by atoms with Crippen LogP contribution < -0.4 is 9.47 Å². The highest BCUT2D eigenvalue weighted by molar-refractivity contribution is 7.85. The van der Waals surface area contributed by atoms with Gasteiger partial charge in [-0.1, -0.05) is 24.3 Å². The Bertz CT molecular complexity index is 1380. The van der Waals surface area contributed by atoms with E-state index >= 15 is 0 Å². The SMILES string of the molecule is COc1ccc2cc(-c3nc4ccncc4[nH]3)cc(OCCS(=O)c3ccccc3)c2c1. The second-order valence-corrected chi connectivity index (χ2v) is 8.82. The fourth-order valence-corrected chi connectivity index (χ4v) is 4.53. The highest BCUT2D eigenvalue weighted by Gasteiger charge is 2.12. The van der Waals surface area contributed by atoms with Crippen molar-refractivity contribution in [2.75, 3.05) is 19.5 Å². The number of hydrogen-bond acceptors (Lipinski definition) is 5. The summed E-state index contributed by atoms with van der Waals surface area (Å²) in [6, 6.07) is 21.2. The Morgan fingerprint density at radius 2 is 1.91 bits per heavy atom. The van der Waals surface area contributed by atoms with Crippen molar-refractivity contribution in [2.24, 2.45) is 0 Å². The first kappa shape index (κ1) is 20.2. The van der Waals surface area contributed by atoms with E-state index in [0.717, 1.165) is 43.8 Å². The predicted octanol–water partition coefficient (Wildman–Crippen LogP) is 4.97. The Morgan fingerprint density at radius 1 is 1.03 bits per heavy atom. The van der Waals surface area contributed by atoms with Gasteiger partial charge in [0.05, 0.1) is 40.9 Å². The van der Waals surface area contributed by atoms with Crippen molar-refractivity contribution in [2.45, 2.75) is 4.90 Å². The largest absolute Gasteiger partial charge is 0.497 e. The van der Waals surface area contributed by atoms with Crippen molar-refractivity contribution in [3.63, 3.8) is 0 Å². The summed E-state index contributed by atoms with van der Waals surface area (Å²) in [6.07, 6.45) is 3.48. The molecule has 3 aromatic carbocycles. The van der Waals surface area contributed by atoms with Crippen molar-refractivity contribution in [1.29, 1.82) is 0 Å². The number of aromatic nitrogens is 3. The van der Waals surface area contributed by atoms with Crippen LogP contribution in [-0.4, -0.2) is 38.6 Å². The summed E-state index contributed by atoms with van der Waals surface area (Å²) in [6.45, 7) is 0.321. The zero-order valence-electron chi connectivity index (χ0n) is 17.4. The summed E-state index contributed by atoms with van der Waals surface area (Å²) in [5, 5.41) is 1.93. The zero-order valence-corrected chi connectivity index (χ0v) is 18.3. The van der Waals surface area contributed by atoms with E-state index in [9.17, 15) is 4.21 Å². The van der Waals surface area contributed by atoms with Crippen molar-refractivity contribution in [1.82, 2.24) is 15.0 Å². The van der Waals surface area contributed by atoms with Crippen LogP contribution in [-0.2, 0) is 10.8 Å². The number of ether oxygens (including phenoxy) is 2. The number of pyridine rings is 1.